The van der Waals surface area contributed by atoms with E-state index in [-0.39, 0.29) is 11.6 Å². The summed E-state index contributed by atoms with van der Waals surface area (Å²) >= 11 is 0. The van der Waals surface area contributed by atoms with E-state index in [0.29, 0.717) is 18.7 Å². The van der Waals surface area contributed by atoms with Crippen LogP contribution in [0.25, 0.3) is 0 Å². The highest BCUT2D eigenvalue weighted by molar-refractivity contribution is 5.95. The van der Waals surface area contributed by atoms with Gasteiger partial charge in [0.05, 0.1) is 5.69 Å². The summed E-state index contributed by atoms with van der Waals surface area (Å²) in [5.41, 5.74) is 1.71. The van der Waals surface area contributed by atoms with E-state index < -0.39 is 5.97 Å². The average Bonchev–Trinajstić information content (AvgIpc) is 2.37. The zero-order chi connectivity index (χ0) is 13.7. The fourth-order valence-electron chi connectivity index (χ4n) is 1.78. The molecule has 0 saturated carbocycles. The van der Waals surface area contributed by atoms with Crippen LogP contribution in [-0.4, -0.2) is 27.3 Å². The lowest BCUT2D eigenvalue weighted by molar-refractivity contribution is 0.0696. The van der Waals surface area contributed by atoms with Gasteiger partial charge in [-0.05, 0) is 25.3 Å². The number of carbonyl (C=O) groups is 1. The highest BCUT2D eigenvalue weighted by atomic mass is 16.4. The molecule has 0 amide bonds. The van der Waals surface area contributed by atoms with Crippen LogP contribution in [-0.2, 0) is 12.8 Å². The van der Waals surface area contributed by atoms with Gasteiger partial charge < -0.3 is 10.4 Å². The summed E-state index contributed by atoms with van der Waals surface area (Å²) in [5, 5.41) is 20.4. The predicted molar refractivity (Wildman–Crippen MR) is 71.0 cm³/mol. The summed E-state index contributed by atoms with van der Waals surface area (Å²) in [6, 6.07) is -0.0606. The Morgan fingerprint density at radius 1 is 1.44 bits per heavy atom. The molecule has 1 heterocycles. The van der Waals surface area contributed by atoms with Crippen LogP contribution in [0.15, 0.2) is 12.7 Å². The van der Waals surface area contributed by atoms with Crippen LogP contribution in [0.5, 0.6) is 0 Å². The van der Waals surface area contributed by atoms with Crippen molar-refractivity contribution in [2.45, 2.75) is 39.7 Å². The van der Waals surface area contributed by atoms with Crippen molar-refractivity contribution in [3.63, 3.8) is 0 Å². The molecule has 1 aromatic rings. The molecular formula is C13H19N3O2. The predicted octanol–water partition coefficient (Wildman–Crippen LogP) is 2.29. The van der Waals surface area contributed by atoms with Crippen LogP contribution in [0.1, 0.15) is 42.4 Å². The molecule has 0 radical (unpaired) electrons. The lowest BCUT2D eigenvalue weighted by Crippen LogP contribution is -2.19. The first kappa shape index (κ1) is 14.2. The quantitative estimate of drug-likeness (QED) is 0.756. The second-order valence-electron chi connectivity index (χ2n) is 4.03. The van der Waals surface area contributed by atoms with Crippen LogP contribution < -0.4 is 5.32 Å². The Balaban J connectivity index is 3.34. The molecule has 1 atom stereocenters. The van der Waals surface area contributed by atoms with Crippen LogP contribution in [0.4, 0.5) is 5.82 Å². The Labute approximate surface area is 107 Å². The molecule has 0 aliphatic carbocycles. The molecule has 0 aromatic carbocycles. The molecule has 0 aliphatic heterocycles. The van der Waals surface area contributed by atoms with Crippen molar-refractivity contribution in [3.8, 4) is 0 Å². The Morgan fingerprint density at radius 3 is 2.56 bits per heavy atom. The van der Waals surface area contributed by atoms with E-state index in [1.165, 1.54) is 0 Å². The largest absolute Gasteiger partial charge is 0.478 e. The smallest absolute Gasteiger partial charge is 0.339 e. The fourth-order valence-corrected chi connectivity index (χ4v) is 1.78. The highest BCUT2D eigenvalue weighted by Gasteiger charge is 2.20. The maximum atomic E-state index is 11.4. The maximum Gasteiger partial charge on any atom is 0.339 e. The lowest BCUT2D eigenvalue weighted by atomic mass is 10.0. The number of aryl methyl sites for hydroxylation is 1. The molecule has 0 saturated heterocycles. The topological polar surface area (TPSA) is 75.1 Å². The summed E-state index contributed by atoms with van der Waals surface area (Å²) in [7, 11) is 0. The van der Waals surface area contributed by atoms with Gasteiger partial charge in [-0.1, -0.05) is 19.9 Å². The molecule has 5 nitrogen and oxygen atoms in total. The zero-order valence-corrected chi connectivity index (χ0v) is 11.0. The molecule has 5 heteroatoms. The Kier molecular flexibility index (Phi) is 4.83. The first-order valence-corrected chi connectivity index (χ1v) is 6.05. The minimum absolute atomic E-state index is 0.0606. The van der Waals surface area contributed by atoms with Crippen LogP contribution in [0, 0.1) is 0 Å². The minimum Gasteiger partial charge on any atom is -0.478 e. The first-order chi connectivity index (χ1) is 8.54. The van der Waals surface area contributed by atoms with E-state index in [0.717, 1.165) is 11.3 Å². The van der Waals surface area contributed by atoms with Crippen LogP contribution in [0.2, 0.25) is 0 Å². The number of nitrogens with one attached hydrogen (secondary N) is 1. The van der Waals surface area contributed by atoms with E-state index in [1.807, 2.05) is 20.8 Å². The number of carboxylic acids is 1. The van der Waals surface area contributed by atoms with Crippen molar-refractivity contribution in [3.05, 3.63) is 29.5 Å². The van der Waals surface area contributed by atoms with Crippen LogP contribution in [0.3, 0.4) is 0 Å². The number of nitrogens with zero attached hydrogens (tertiary/aromatic N) is 2. The zero-order valence-electron chi connectivity index (χ0n) is 11.0. The van der Waals surface area contributed by atoms with Gasteiger partial charge in [-0.15, -0.1) is 11.7 Å². The number of rotatable bonds is 6. The SMILES string of the molecule is C=CC(C)Nc1nnc(CC)c(CC)c1C(=O)O. The fraction of sp³-hybridized carbons (Fsp3) is 0.462. The Bertz CT molecular complexity index is 458. The summed E-state index contributed by atoms with van der Waals surface area (Å²) in [6.45, 7) is 9.38. The van der Waals surface area contributed by atoms with Gasteiger partial charge >= 0.3 is 5.97 Å². The monoisotopic (exact) mass is 249 g/mol. The van der Waals surface area contributed by atoms with Gasteiger partial charge in [-0.2, -0.15) is 5.10 Å². The minimum atomic E-state index is -0.977. The number of carboxylic acid groups (broad SMARTS) is 1. The van der Waals surface area contributed by atoms with Gasteiger partial charge in [0.25, 0.3) is 0 Å². The van der Waals surface area contributed by atoms with Gasteiger partial charge in [0.2, 0.25) is 0 Å². The maximum absolute atomic E-state index is 11.4. The van der Waals surface area contributed by atoms with Crippen molar-refractivity contribution >= 4 is 11.8 Å². The van der Waals surface area contributed by atoms with Gasteiger partial charge in [0, 0.05) is 6.04 Å². The highest BCUT2D eigenvalue weighted by Crippen LogP contribution is 2.21. The lowest BCUT2D eigenvalue weighted by Gasteiger charge is -2.15. The first-order valence-electron chi connectivity index (χ1n) is 6.05. The van der Waals surface area contributed by atoms with E-state index in [2.05, 4.69) is 22.1 Å². The van der Waals surface area contributed by atoms with Gasteiger partial charge in [-0.3, -0.25) is 0 Å². The van der Waals surface area contributed by atoms with E-state index in [9.17, 15) is 9.90 Å². The summed E-state index contributed by atoms with van der Waals surface area (Å²) in [5.74, 6) is -0.667. The number of aromatic carboxylic acids is 1. The summed E-state index contributed by atoms with van der Waals surface area (Å²) < 4.78 is 0. The molecule has 18 heavy (non-hydrogen) atoms. The third kappa shape index (κ3) is 2.85. The van der Waals surface area contributed by atoms with Crippen LogP contribution >= 0.6 is 0 Å². The number of anilines is 1. The van der Waals surface area contributed by atoms with Crippen molar-refractivity contribution in [2.24, 2.45) is 0 Å². The normalized spacial score (nSPS) is 11.9. The number of hydrogen-bond acceptors (Lipinski definition) is 4. The van der Waals surface area contributed by atoms with Gasteiger partial charge in [0.15, 0.2) is 5.82 Å². The molecule has 0 aliphatic rings. The molecular weight excluding hydrogens is 230 g/mol. The molecule has 0 spiro atoms. The molecule has 2 N–H and O–H groups in total. The van der Waals surface area contributed by atoms with E-state index in [4.69, 9.17) is 0 Å². The van der Waals surface area contributed by atoms with Crippen molar-refractivity contribution in [1.29, 1.82) is 0 Å². The number of aromatic nitrogens is 2. The third-order valence-corrected chi connectivity index (χ3v) is 2.78. The Hall–Kier alpha value is -1.91. The van der Waals surface area contributed by atoms with E-state index in [1.54, 1.807) is 6.08 Å². The molecule has 1 aromatic heterocycles. The number of hydrogen-bond donors (Lipinski definition) is 2. The molecule has 1 unspecified atom stereocenters. The molecule has 1 rings (SSSR count). The van der Waals surface area contributed by atoms with E-state index >= 15 is 0 Å². The second-order valence-corrected chi connectivity index (χ2v) is 4.03. The molecule has 0 fully saturated rings. The summed E-state index contributed by atoms with van der Waals surface area (Å²) in [6.07, 6.45) is 2.98. The van der Waals surface area contributed by atoms with Crippen molar-refractivity contribution in [2.75, 3.05) is 5.32 Å². The molecule has 98 valence electrons. The average molecular weight is 249 g/mol. The Morgan fingerprint density at radius 2 is 2.11 bits per heavy atom. The second kappa shape index (κ2) is 6.14. The standard InChI is InChI=1S/C13H19N3O2/c1-5-8(4)14-12-11(13(17)18)9(6-2)10(7-3)15-16-12/h5,8H,1,6-7H2,2-4H3,(H,14,16)(H,17,18). The molecule has 0 bridgehead atoms. The third-order valence-electron chi connectivity index (χ3n) is 2.78. The van der Waals surface area contributed by atoms with Crippen molar-refractivity contribution in [1.82, 2.24) is 10.2 Å². The summed E-state index contributed by atoms with van der Waals surface area (Å²) in [4.78, 5) is 11.4. The van der Waals surface area contributed by atoms with Gasteiger partial charge in [0.1, 0.15) is 5.56 Å². The van der Waals surface area contributed by atoms with Crippen molar-refractivity contribution < 1.29 is 9.90 Å². The van der Waals surface area contributed by atoms with Gasteiger partial charge in [-0.25, -0.2) is 4.79 Å².